The van der Waals surface area contributed by atoms with Crippen molar-refractivity contribution in [2.75, 3.05) is 11.5 Å². The van der Waals surface area contributed by atoms with Gasteiger partial charge in [0, 0.05) is 23.2 Å². The van der Waals surface area contributed by atoms with E-state index in [0.29, 0.717) is 6.20 Å². The Labute approximate surface area is 412 Å². The molecule has 0 saturated carbocycles. The molecule has 18 N–H and O–H groups in total. The zero-order valence-electron chi connectivity index (χ0n) is 35.5. The lowest BCUT2D eigenvalue weighted by atomic mass is 9.93. The van der Waals surface area contributed by atoms with E-state index in [1.807, 2.05) is 11.3 Å². The molecule has 406 valence electrons. The average Bonchev–Trinajstić information content (AvgIpc) is 3.88. The Kier molecular flexibility index (Phi) is 17.9. The van der Waals surface area contributed by atoms with E-state index in [-0.39, 0.29) is 17.0 Å². The summed E-state index contributed by atoms with van der Waals surface area (Å²) < 4.78 is 120. The number of halogens is 3. The summed E-state index contributed by atoms with van der Waals surface area (Å²) in [5, 5.41) is 46.8. The highest BCUT2D eigenvalue weighted by molar-refractivity contribution is 7.67. The maximum Gasteiger partial charge on any atom is 0.490 e. The van der Waals surface area contributed by atoms with Crippen LogP contribution in [0.5, 0.6) is 0 Å². The van der Waals surface area contributed by atoms with Crippen LogP contribution in [0.15, 0.2) is 28.0 Å². The maximum absolute atomic E-state index is 14.5. The van der Waals surface area contributed by atoms with E-state index in [4.69, 9.17) is 63.7 Å². The summed E-state index contributed by atoms with van der Waals surface area (Å²) in [6, 6.07) is 1.29. The van der Waals surface area contributed by atoms with Crippen molar-refractivity contribution in [3.63, 3.8) is 0 Å². The molecule has 2 fully saturated rings. The molecule has 6 heterocycles. The van der Waals surface area contributed by atoms with Crippen molar-refractivity contribution in [3.8, 4) is 22.6 Å². The third-order valence-corrected chi connectivity index (χ3v) is 17.5. The van der Waals surface area contributed by atoms with E-state index in [0.717, 1.165) is 23.0 Å². The molecular weight excluding hydrogens is 1170 g/mol. The molecule has 4 aromatic heterocycles. The molecule has 6 unspecified atom stereocenters. The van der Waals surface area contributed by atoms with Crippen molar-refractivity contribution in [3.05, 3.63) is 45.0 Å². The molecule has 0 bridgehead atoms. The fourth-order valence-electron chi connectivity index (χ4n) is 6.85. The SMILES string of the molecule is C[C@@H](OP(=O)(O)OP(=O)(O)OP(=O)(O)O)[C@H]1O[C@@H](n2cc(F)c3c(=O)[nH]c(N)nc32)C(O)(C#CCl)[C@H]1O.C[C@@H](OP(=O)(O)OP(=O)(O)OP(=O)(O)O)[C@H]1O[C@@H](n2ccc3c(=O)[nH]c(N)nc32)C(O)(C#CCl)[C@H]1O. The van der Waals surface area contributed by atoms with E-state index in [1.54, 1.807) is 5.38 Å². The molecule has 2 aliphatic rings. The molecule has 0 aromatic carbocycles. The van der Waals surface area contributed by atoms with Gasteiger partial charge in [-0.25, -0.2) is 31.8 Å². The predicted octanol–water partition coefficient (Wildman–Crippen LogP) is -1.41. The van der Waals surface area contributed by atoms with Gasteiger partial charge in [-0.1, -0.05) is 0 Å². The van der Waals surface area contributed by atoms with Gasteiger partial charge in [0.1, 0.15) is 29.8 Å². The molecule has 36 nitrogen and oxygen atoms in total. The summed E-state index contributed by atoms with van der Waals surface area (Å²) in [4.78, 5) is 109. The van der Waals surface area contributed by atoms with Gasteiger partial charge in [-0.2, -0.15) is 27.2 Å². The van der Waals surface area contributed by atoms with Crippen molar-refractivity contribution >= 4 is 104 Å². The fraction of sp³-hybridized carbons (Fsp3) is 0.429. The lowest BCUT2D eigenvalue weighted by Crippen LogP contribution is -2.47. The fourth-order valence-corrected chi connectivity index (χ4v) is 13.6. The van der Waals surface area contributed by atoms with E-state index in [1.165, 1.54) is 12.3 Å². The highest BCUT2D eigenvalue weighted by Gasteiger charge is 2.60. The summed E-state index contributed by atoms with van der Waals surface area (Å²) in [6.07, 6.45) is -13.0. The van der Waals surface area contributed by atoms with Crippen LogP contribution >= 0.6 is 70.1 Å². The summed E-state index contributed by atoms with van der Waals surface area (Å²) in [7, 11) is -34.3. The van der Waals surface area contributed by atoms with Crippen LogP contribution in [0.4, 0.5) is 16.3 Å². The summed E-state index contributed by atoms with van der Waals surface area (Å²) >= 11 is 10.8. The van der Waals surface area contributed by atoms with Crippen molar-refractivity contribution in [2.45, 2.75) is 74.1 Å². The molecule has 0 aliphatic carbocycles. The van der Waals surface area contributed by atoms with Gasteiger partial charge in [-0.05, 0) is 55.0 Å². The third-order valence-electron chi connectivity index (χ3n) is 9.46. The van der Waals surface area contributed by atoms with E-state index < -0.39 is 141 Å². The van der Waals surface area contributed by atoms with Crippen molar-refractivity contribution < 1.29 is 127 Å². The number of nitrogen functional groups attached to an aromatic ring is 2. The summed E-state index contributed by atoms with van der Waals surface area (Å²) in [5.74, 6) is 2.27. The number of aromatic amines is 2. The predicted molar refractivity (Wildman–Crippen MR) is 235 cm³/mol. The van der Waals surface area contributed by atoms with Gasteiger partial charge >= 0.3 is 46.9 Å². The number of aliphatic hydroxyl groups is 4. The second kappa shape index (κ2) is 21.6. The van der Waals surface area contributed by atoms with Crippen LogP contribution < -0.4 is 22.6 Å². The number of rotatable bonds is 16. The highest BCUT2D eigenvalue weighted by Crippen LogP contribution is 2.68. The van der Waals surface area contributed by atoms with Gasteiger partial charge in [-0.15, -0.1) is 0 Å². The smallest absolute Gasteiger partial charge is 0.386 e. The number of H-pyrrole nitrogens is 2. The van der Waals surface area contributed by atoms with Gasteiger partial charge in [0.15, 0.2) is 29.6 Å². The molecule has 73 heavy (non-hydrogen) atoms. The molecule has 6 rings (SSSR count). The highest BCUT2D eigenvalue weighted by atomic mass is 35.5. The number of nitrogens with zero attached hydrogens (tertiary/aromatic N) is 4. The number of hydrogen-bond acceptors (Lipinski definition) is 24. The standard InChI is InChI=1S/C14H17ClFN4O14P3.C14H18ClN4O14P3/c1-5(32-36(27,28)34-37(29,30)33-35(24,25)26)8-9(21)14(23,2-3-15)12(31-8)20-4-6(16)7-10(20)18-13(17)19-11(7)22;1-6(31-35(26,27)33-36(28,29)32-34(23,24)25)8-9(20)14(22,3-4-15)12(30-8)19-5-2-7-10(19)17-13(16)18-11(7)21/h4-5,8-9,12,21,23H,1H3,(H,27,28)(H,29,30)(H2,24,25,26)(H3,17,18,19,22);2,5-6,8-9,12,20,22H,1H3,(H,26,27)(H,28,29)(H2,23,24,25)(H3,16,17,18,21)/t5-,8-,9+,12-,14?;6-,8-,9+,12-,14?/m11/s1. The first-order chi connectivity index (χ1) is 33.2. The minimum absolute atomic E-state index is 0.00762. The molecule has 0 spiro atoms. The van der Waals surface area contributed by atoms with Crippen LogP contribution in [-0.4, -0.2) is 136 Å². The Bertz CT molecular complexity index is 3350. The number of nitrogens with one attached hydrogen (secondary N) is 2. The number of phosphoric acid groups is 6. The van der Waals surface area contributed by atoms with Crippen molar-refractivity contribution in [1.29, 1.82) is 0 Å². The van der Waals surface area contributed by atoms with Crippen LogP contribution in [0, 0.1) is 28.4 Å². The molecule has 45 heteroatoms. The van der Waals surface area contributed by atoms with Gasteiger partial charge in [0.05, 0.1) is 17.6 Å². The van der Waals surface area contributed by atoms with Gasteiger partial charge in [0.2, 0.25) is 23.1 Å². The first-order valence-corrected chi connectivity index (χ1v) is 28.4. The number of aromatic nitrogens is 6. The summed E-state index contributed by atoms with van der Waals surface area (Å²) in [5.41, 5.74) is 3.59. The number of aliphatic hydroxyl groups excluding tert-OH is 2. The molecular formula is C28H35Cl2FN8O28P6. The Hall–Kier alpha value is -3.35. The lowest BCUT2D eigenvalue weighted by Gasteiger charge is -2.27. The van der Waals surface area contributed by atoms with Gasteiger partial charge in [-0.3, -0.25) is 33.2 Å². The van der Waals surface area contributed by atoms with Gasteiger partial charge in [0.25, 0.3) is 11.1 Å². The first kappa shape index (κ1) is 60.5. The van der Waals surface area contributed by atoms with Crippen LogP contribution in [0.25, 0.3) is 22.1 Å². The number of nitrogens with two attached hydrogens (primary N) is 2. The minimum Gasteiger partial charge on any atom is -0.386 e. The second-order valence-electron chi connectivity index (χ2n) is 14.6. The zero-order valence-corrected chi connectivity index (χ0v) is 42.4. The minimum atomic E-state index is -5.86. The van der Waals surface area contributed by atoms with Crippen LogP contribution in [0.2, 0.25) is 0 Å². The number of fused-ring (bicyclic) bond motifs is 2. The van der Waals surface area contributed by atoms with Gasteiger partial charge < -0.3 is 85.1 Å². The number of anilines is 2. The molecule has 14 atom stereocenters. The van der Waals surface area contributed by atoms with Crippen LogP contribution in [0.1, 0.15) is 26.3 Å². The van der Waals surface area contributed by atoms with E-state index >= 15 is 0 Å². The molecule has 4 aromatic rings. The Balaban J connectivity index is 0.000000271. The monoisotopic (exact) mass is 1210 g/mol. The maximum atomic E-state index is 14.5. The Morgan fingerprint density at radius 3 is 1.51 bits per heavy atom. The molecule has 2 aliphatic heterocycles. The number of hydrogen-bond donors (Lipinski definition) is 16. The van der Waals surface area contributed by atoms with E-state index in [2.05, 4.69) is 52.1 Å². The number of ether oxygens (including phenoxy) is 2. The Morgan fingerprint density at radius 1 is 0.699 bits per heavy atom. The topological polar surface area (TPSA) is 572 Å². The zero-order chi connectivity index (χ0) is 55.4. The second-order valence-corrected chi connectivity index (χ2v) is 23.8. The summed E-state index contributed by atoms with van der Waals surface area (Å²) in [6.45, 7) is 1.95. The normalized spacial score (nSPS) is 28.5. The number of phosphoric ester groups is 2. The van der Waals surface area contributed by atoms with Crippen molar-refractivity contribution in [1.82, 2.24) is 29.1 Å². The van der Waals surface area contributed by atoms with Crippen LogP contribution in [0.3, 0.4) is 0 Å². The average molecular weight is 1210 g/mol. The Morgan fingerprint density at radius 2 is 1.10 bits per heavy atom. The van der Waals surface area contributed by atoms with Crippen LogP contribution in [-0.2, 0) is 63.2 Å². The quantitative estimate of drug-likeness (QED) is 0.0453. The third kappa shape index (κ3) is 14.0. The largest absolute Gasteiger partial charge is 0.490 e. The molecule has 0 amide bonds. The first-order valence-electron chi connectivity index (χ1n) is 18.6. The van der Waals surface area contributed by atoms with E-state index in [9.17, 15) is 81.4 Å². The molecule has 0 radical (unpaired) electrons. The lowest BCUT2D eigenvalue weighted by molar-refractivity contribution is -0.0831. The molecule has 2 saturated heterocycles. The van der Waals surface area contributed by atoms with Crippen molar-refractivity contribution in [2.24, 2.45) is 0 Å².